The van der Waals surface area contributed by atoms with Gasteiger partial charge < -0.3 is 15.2 Å². The van der Waals surface area contributed by atoms with E-state index in [9.17, 15) is 9.50 Å². The first kappa shape index (κ1) is 13.7. The highest BCUT2D eigenvalue weighted by Crippen LogP contribution is 2.22. The highest BCUT2D eigenvalue weighted by atomic mass is 35.5. The number of ether oxygens (including phenoxy) is 1. The van der Waals surface area contributed by atoms with Crippen molar-refractivity contribution in [2.24, 2.45) is 0 Å². The zero-order chi connectivity index (χ0) is 13.0. The zero-order valence-electron chi connectivity index (χ0n) is 10.1. The number of rotatable bonds is 4. The Morgan fingerprint density at radius 1 is 1.39 bits per heavy atom. The van der Waals surface area contributed by atoms with E-state index in [0.29, 0.717) is 30.3 Å². The number of nitrogens with one attached hydrogen (secondary N) is 1. The van der Waals surface area contributed by atoms with Crippen molar-refractivity contribution in [1.29, 1.82) is 0 Å². The van der Waals surface area contributed by atoms with Crippen LogP contribution in [0.4, 0.5) is 4.39 Å². The van der Waals surface area contributed by atoms with Gasteiger partial charge in [0, 0.05) is 35.9 Å². The molecule has 1 aromatic carbocycles. The van der Waals surface area contributed by atoms with Crippen molar-refractivity contribution in [3.05, 3.63) is 34.6 Å². The minimum atomic E-state index is -0.357. The molecule has 1 fully saturated rings. The van der Waals surface area contributed by atoms with Crippen LogP contribution in [0.1, 0.15) is 18.4 Å². The van der Waals surface area contributed by atoms with Gasteiger partial charge in [0.1, 0.15) is 5.82 Å². The van der Waals surface area contributed by atoms with E-state index in [1.807, 2.05) is 0 Å². The largest absolute Gasteiger partial charge is 0.394 e. The average molecular weight is 274 g/mol. The number of hydrogen-bond acceptors (Lipinski definition) is 3. The van der Waals surface area contributed by atoms with E-state index in [-0.39, 0.29) is 18.0 Å². The Kier molecular flexibility index (Phi) is 4.56. The maximum absolute atomic E-state index is 13.6. The minimum absolute atomic E-state index is 0.0333. The van der Waals surface area contributed by atoms with E-state index in [1.54, 1.807) is 12.1 Å². The summed E-state index contributed by atoms with van der Waals surface area (Å²) < 4.78 is 18.9. The highest BCUT2D eigenvalue weighted by molar-refractivity contribution is 6.30. The van der Waals surface area contributed by atoms with Gasteiger partial charge in [0.2, 0.25) is 0 Å². The fourth-order valence-electron chi connectivity index (χ4n) is 2.10. The molecular formula is C13H17ClFNO2. The lowest BCUT2D eigenvalue weighted by Gasteiger charge is -2.36. The van der Waals surface area contributed by atoms with Crippen molar-refractivity contribution < 1.29 is 14.2 Å². The first-order chi connectivity index (χ1) is 8.65. The van der Waals surface area contributed by atoms with E-state index >= 15 is 0 Å². The lowest BCUT2D eigenvalue weighted by atomic mass is 9.90. The normalized spacial score (nSPS) is 18.8. The molecule has 0 spiro atoms. The molecule has 5 heteroatoms. The number of aliphatic hydroxyl groups excluding tert-OH is 1. The van der Waals surface area contributed by atoms with Gasteiger partial charge in [0.05, 0.1) is 6.61 Å². The fraction of sp³-hybridized carbons (Fsp3) is 0.538. The van der Waals surface area contributed by atoms with Gasteiger partial charge in [-0.2, -0.15) is 0 Å². The monoisotopic (exact) mass is 273 g/mol. The molecule has 2 N–H and O–H groups in total. The highest BCUT2D eigenvalue weighted by Gasteiger charge is 2.31. The predicted octanol–water partition coefficient (Wildman–Crippen LogP) is 2.11. The van der Waals surface area contributed by atoms with Crippen LogP contribution >= 0.6 is 11.6 Å². The first-order valence-electron chi connectivity index (χ1n) is 6.03. The lowest BCUT2D eigenvalue weighted by molar-refractivity contribution is 0.0110. The summed E-state index contributed by atoms with van der Waals surface area (Å²) >= 11 is 5.70. The van der Waals surface area contributed by atoms with Gasteiger partial charge in [-0.1, -0.05) is 17.7 Å². The number of aliphatic hydroxyl groups is 1. The summed E-state index contributed by atoms with van der Waals surface area (Å²) in [6.45, 7) is 1.66. The second-order valence-electron chi connectivity index (χ2n) is 4.64. The van der Waals surface area contributed by atoms with Crippen molar-refractivity contribution in [2.45, 2.75) is 24.9 Å². The molecule has 100 valence electrons. The maximum atomic E-state index is 13.6. The molecule has 1 aliphatic rings. The summed E-state index contributed by atoms with van der Waals surface area (Å²) in [6.07, 6.45) is 1.47. The second kappa shape index (κ2) is 5.97. The third kappa shape index (κ3) is 3.20. The van der Waals surface area contributed by atoms with Gasteiger partial charge >= 0.3 is 0 Å². The van der Waals surface area contributed by atoms with E-state index in [2.05, 4.69) is 5.32 Å². The van der Waals surface area contributed by atoms with Crippen molar-refractivity contribution in [3.63, 3.8) is 0 Å². The van der Waals surface area contributed by atoms with Crippen LogP contribution in [0, 0.1) is 5.82 Å². The molecule has 0 unspecified atom stereocenters. The number of halogens is 2. The van der Waals surface area contributed by atoms with E-state index in [4.69, 9.17) is 16.3 Å². The molecule has 0 atom stereocenters. The van der Waals surface area contributed by atoms with Crippen molar-refractivity contribution >= 4 is 11.6 Å². The molecule has 0 radical (unpaired) electrons. The van der Waals surface area contributed by atoms with Crippen LogP contribution < -0.4 is 5.32 Å². The van der Waals surface area contributed by atoms with Crippen LogP contribution in [0.15, 0.2) is 18.2 Å². The molecule has 0 saturated carbocycles. The summed E-state index contributed by atoms with van der Waals surface area (Å²) in [7, 11) is 0. The maximum Gasteiger partial charge on any atom is 0.129 e. The molecule has 1 saturated heterocycles. The smallest absolute Gasteiger partial charge is 0.129 e. The Hall–Kier alpha value is -0.680. The Balaban J connectivity index is 2.01. The Morgan fingerprint density at radius 2 is 2.11 bits per heavy atom. The molecule has 1 heterocycles. The van der Waals surface area contributed by atoms with Crippen LogP contribution in [0.2, 0.25) is 5.02 Å². The SMILES string of the molecule is OCC1(NCc2ccc(Cl)cc2F)CCOCC1. The molecule has 2 rings (SSSR count). The molecule has 0 aliphatic carbocycles. The predicted molar refractivity (Wildman–Crippen MR) is 68.1 cm³/mol. The van der Waals surface area contributed by atoms with Gasteiger partial charge in [-0.3, -0.25) is 0 Å². The van der Waals surface area contributed by atoms with Crippen LogP contribution in [-0.4, -0.2) is 30.5 Å². The number of hydrogen-bond donors (Lipinski definition) is 2. The van der Waals surface area contributed by atoms with Crippen LogP contribution in [0.5, 0.6) is 0 Å². The van der Waals surface area contributed by atoms with Crippen LogP contribution in [-0.2, 0) is 11.3 Å². The quantitative estimate of drug-likeness (QED) is 0.883. The van der Waals surface area contributed by atoms with Crippen molar-refractivity contribution in [2.75, 3.05) is 19.8 Å². The Labute approximate surface area is 111 Å². The summed E-state index contributed by atoms with van der Waals surface area (Å²) in [6, 6.07) is 4.63. The summed E-state index contributed by atoms with van der Waals surface area (Å²) in [5.41, 5.74) is 0.198. The van der Waals surface area contributed by atoms with Gasteiger partial charge in [-0.25, -0.2) is 4.39 Å². The summed E-state index contributed by atoms with van der Waals surface area (Å²) in [4.78, 5) is 0. The Bertz CT molecular complexity index is 408. The summed E-state index contributed by atoms with van der Waals surface area (Å²) in [5.74, 6) is -0.324. The molecule has 1 aliphatic heterocycles. The van der Waals surface area contributed by atoms with E-state index < -0.39 is 0 Å². The topological polar surface area (TPSA) is 41.5 Å². The number of benzene rings is 1. The molecule has 3 nitrogen and oxygen atoms in total. The minimum Gasteiger partial charge on any atom is -0.394 e. The van der Waals surface area contributed by atoms with Gasteiger partial charge in [-0.15, -0.1) is 0 Å². The van der Waals surface area contributed by atoms with Crippen molar-refractivity contribution in [3.8, 4) is 0 Å². The fourth-order valence-corrected chi connectivity index (χ4v) is 2.26. The Morgan fingerprint density at radius 3 is 2.72 bits per heavy atom. The van der Waals surface area contributed by atoms with Gasteiger partial charge in [-0.05, 0) is 25.0 Å². The molecule has 0 bridgehead atoms. The molecule has 0 aromatic heterocycles. The van der Waals surface area contributed by atoms with Crippen molar-refractivity contribution in [1.82, 2.24) is 5.32 Å². The van der Waals surface area contributed by atoms with E-state index in [1.165, 1.54) is 6.07 Å². The second-order valence-corrected chi connectivity index (χ2v) is 5.08. The van der Waals surface area contributed by atoms with E-state index in [0.717, 1.165) is 12.8 Å². The summed E-state index contributed by atoms with van der Waals surface area (Å²) in [5, 5.41) is 13.1. The third-order valence-corrected chi connectivity index (χ3v) is 3.66. The van der Waals surface area contributed by atoms with Crippen LogP contribution in [0.3, 0.4) is 0 Å². The average Bonchev–Trinajstić information content (AvgIpc) is 2.39. The zero-order valence-corrected chi connectivity index (χ0v) is 10.8. The van der Waals surface area contributed by atoms with Gasteiger partial charge in [0.15, 0.2) is 0 Å². The third-order valence-electron chi connectivity index (χ3n) is 3.42. The van der Waals surface area contributed by atoms with Gasteiger partial charge in [0.25, 0.3) is 0 Å². The lowest BCUT2D eigenvalue weighted by Crippen LogP contribution is -2.51. The van der Waals surface area contributed by atoms with Crippen LogP contribution in [0.25, 0.3) is 0 Å². The molecule has 1 aromatic rings. The first-order valence-corrected chi connectivity index (χ1v) is 6.41. The molecule has 0 amide bonds. The molecular weight excluding hydrogens is 257 g/mol. The molecule has 18 heavy (non-hydrogen) atoms. The standard InChI is InChI=1S/C13H17ClFNO2/c14-11-2-1-10(12(15)7-11)8-16-13(9-17)3-5-18-6-4-13/h1-2,7,16-17H,3-6,8-9H2.